The molecule has 1 saturated heterocycles. The molecule has 0 spiro atoms. The molecule has 1 unspecified atom stereocenters. The van der Waals surface area contributed by atoms with Gasteiger partial charge in [0.1, 0.15) is 0 Å². The van der Waals surface area contributed by atoms with Crippen LogP contribution in [0.25, 0.3) is 0 Å². The summed E-state index contributed by atoms with van der Waals surface area (Å²) in [7, 11) is 3.75. The first-order valence-electron chi connectivity index (χ1n) is 5.12. The predicted molar refractivity (Wildman–Crippen MR) is 60.4 cm³/mol. The zero-order valence-electron chi connectivity index (χ0n) is 9.03. The molecular weight excluding hydrogens is 212 g/mol. The summed E-state index contributed by atoms with van der Waals surface area (Å²) >= 11 is 5.89. The zero-order chi connectivity index (χ0) is 10.8. The highest BCUT2D eigenvalue weighted by molar-refractivity contribution is 6.30. The summed E-state index contributed by atoms with van der Waals surface area (Å²) in [5.41, 5.74) is 1.19. The number of hydrogen-bond donors (Lipinski definition) is 0. The van der Waals surface area contributed by atoms with Crippen molar-refractivity contribution in [2.45, 2.75) is 18.9 Å². The van der Waals surface area contributed by atoms with Crippen molar-refractivity contribution in [3.63, 3.8) is 0 Å². The zero-order valence-corrected chi connectivity index (χ0v) is 9.79. The highest BCUT2D eigenvalue weighted by atomic mass is 35.5. The largest absolute Gasteiger partial charge is 0.494 e. The van der Waals surface area contributed by atoms with Crippen LogP contribution < -0.4 is 4.74 Å². The van der Waals surface area contributed by atoms with Crippen molar-refractivity contribution in [1.82, 2.24) is 9.88 Å². The molecule has 0 amide bonds. The van der Waals surface area contributed by atoms with E-state index in [-0.39, 0.29) is 0 Å². The molecule has 1 aliphatic heterocycles. The number of methoxy groups -OCH3 is 1. The van der Waals surface area contributed by atoms with E-state index in [4.69, 9.17) is 16.3 Å². The summed E-state index contributed by atoms with van der Waals surface area (Å²) in [6.07, 6.45) is 4.27. The van der Waals surface area contributed by atoms with Crippen molar-refractivity contribution in [3.8, 4) is 5.75 Å². The Balaban J connectivity index is 2.28. The van der Waals surface area contributed by atoms with E-state index in [2.05, 4.69) is 16.9 Å². The smallest absolute Gasteiger partial charge is 0.171 e. The molecule has 0 radical (unpaired) electrons. The maximum absolute atomic E-state index is 5.89. The average Bonchev–Trinajstić information content (AvgIpc) is 2.65. The molecule has 0 bridgehead atoms. The number of ether oxygens (including phenoxy) is 1. The van der Waals surface area contributed by atoms with Crippen LogP contribution in [-0.4, -0.2) is 30.6 Å². The minimum atomic E-state index is 0.432. The molecule has 1 aromatic rings. The average molecular weight is 227 g/mol. The third-order valence-corrected chi connectivity index (χ3v) is 3.24. The molecule has 0 aromatic carbocycles. The van der Waals surface area contributed by atoms with Crippen molar-refractivity contribution < 1.29 is 4.74 Å². The number of rotatable bonds is 2. The molecule has 2 heterocycles. The van der Waals surface area contributed by atoms with E-state index in [1.54, 1.807) is 7.11 Å². The van der Waals surface area contributed by atoms with Crippen LogP contribution in [0.5, 0.6) is 5.75 Å². The Morgan fingerprint density at radius 3 is 3.00 bits per heavy atom. The van der Waals surface area contributed by atoms with Crippen LogP contribution in [0.4, 0.5) is 0 Å². The molecule has 1 atom stereocenters. The van der Waals surface area contributed by atoms with Crippen molar-refractivity contribution >= 4 is 11.6 Å². The van der Waals surface area contributed by atoms with Gasteiger partial charge in [-0.2, -0.15) is 0 Å². The molecule has 82 valence electrons. The Labute approximate surface area is 95.0 Å². The van der Waals surface area contributed by atoms with Crippen LogP contribution in [-0.2, 0) is 0 Å². The summed E-state index contributed by atoms with van der Waals surface area (Å²) in [4.78, 5) is 6.48. The second kappa shape index (κ2) is 4.37. The summed E-state index contributed by atoms with van der Waals surface area (Å²) < 4.78 is 5.17. The van der Waals surface area contributed by atoms with Gasteiger partial charge in [-0.25, -0.2) is 4.98 Å². The van der Waals surface area contributed by atoms with Crippen LogP contribution in [0.1, 0.15) is 24.4 Å². The number of hydrogen-bond acceptors (Lipinski definition) is 3. The van der Waals surface area contributed by atoms with Gasteiger partial charge in [-0.15, -0.1) is 0 Å². The molecule has 1 fully saturated rings. The van der Waals surface area contributed by atoms with Crippen molar-refractivity contribution in [2.24, 2.45) is 0 Å². The normalized spacial score (nSPS) is 21.9. The van der Waals surface area contributed by atoms with E-state index < -0.39 is 0 Å². The summed E-state index contributed by atoms with van der Waals surface area (Å²) in [6, 6.07) is 2.45. The van der Waals surface area contributed by atoms with Gasteiger partial charge in [0, 0.05) is 12.2 Å². The second-order valence-corrected chi connectivity index (χ2v) is 4.26. The number of halogens is 1. The van der Waals surface area contributed by atoms with Crippen molar-refractivity contribution in [3.05, 3.63) is 23.0 Å². The van der Waals surface area contributed by atoms with E-state index in [0.717, 1.165) is 6.54 Å². The van der Waals surface area contributed by atoms with Crippen LogP contribution in [0.3, 0.4) is 0 Å². The Bertz CT molecular complexity index is 356. The Hall–Kier alpha value is -0.800. The van der Waals surface area contributed by atoms with Crippen molar-refractivity contribution in [2.75, 3.05) is 20.7 Å². The van der Waals surface area contributed by atoms with Gasteiger partial charge in [0.05, 0.1) is 7.11 Å². The highest BCUT2D eigenvalue weighted by Gasteiger charge is 2.23. The van der Waals surface area contributed by atoms with Crippen LogP contribution in [0.2, 0.25) is 5.15 Å². The van der Waals surface area contributed by atoms with E-state index in [0.29, 0.717) is 16.9 Å². The molecule has 0 aliphatic carbocycles. The first-order valence-corrected chi connectivity index (χ1v) is 5.50. The molecule has 4 heteroatoms. The summed E-state index contributed by atoms with van der Waals surface area (Å²) in [5.74, 6) is 0.662. The van der Waals surface area contributed by atoms with E-state index >= 15 is 0 Å². The fourth-order valence-electron chi connectivity index (χ4n) is 2.10. The standard InChI is InChI=1S/C11H15ClN2O/c1-14-5-3-4-9(14)8-6-10(15-2)11(12)13-7-8/h6-7,9H,3-5H2,1-2H3. The third-order valence-electron chi connectivity index (χ3n) is 2.95. The topological polar surface area (TPSA) is 25.4 Å². The monoisotopic (exact) mass is 226 g/mol. The summed E-state index contributed by atoms with van der Waals surface area (Å²) in [6.45, 7) is 1.15. The minimum absolute atomic E-state index is 0.432. The number of aromatic nitrogens is 1. The Morgan fingerprint density at radius 1 is 1.60 bits per heavy atom. The quantitative estimate of drug-likeness (QED) is 0.725. The van der Waals surface area contributed by atoms with Gasteiger partial charge in [-0.1, -0.05) is 11.6 Å². The van der Waals surface area contributed by atoms with Crippen LogP contribution >= 0.6 is 11.6 Å². The lowest BCUT2D eigenvalue weighted by atomic mass is 10.1. The Morgan fingerprint density at radius 2 is 2.40 bits per heavy atom. The van der Waals surface area contributed by atoms with E-state index in [1.807, 2.05) is 12.3 Å². The van der Waals surface area contributed by atoms with E-state index in [1.165, 1.54) is 18.4 Å². The van der Waals surface area contributed by atoms with Gasteiger partial charge < -0.3 is 4.74 Å². The van der Waals surface area contributed by atoms with Crippen LogP contribution in [0, 0.1) is 0 Å². The lowest BCUT2D eigenvalue weighted by molar-refractivity contribution is 0.315. The first kappa shape index (κ1) is 10.7. The number of likely N-dealkylation sites (tertiary alicyclic amines) is 1. The molecular formula is C11H15ClN2O. The molecule has 15 heavy (non-hydrogen) atoms. The molecule has 2 rings (SSSR count). The van der Waals surface area contributed by atoms with Gasteiger partial charge in [0.15, 0.2) is 10.9 Å². The SMILES string of the molecule is COc1cc(C2CCCN2C)cnc1Cl. The number of nitrogens with zero attached hydrogens (tertiary/aromatic N) is 2. The highest BCUT2D eigenvalue weighted by Crippen LogP contribution is 2.33. The molecule has 3 nitrogen and oxygen atoms in total. The minimum Gasteiger partial charge on any atom is -0.494 e. The summed E-state index contributed by atoms with van der Waals surface area (Å²) in [5, 5.41) is 0.432. The van der Waals surface area contributed by atoms with Gasteiger partial charge in [0.25, 0.3) is 0 Å². The fraction of sp³-hybridized carbons (Fsp3) is 0.545. The first-order chi connectivity index (χ1) is 7.22. The van der Waals surface area contributed by atoms with Crippen LogP contribution in [0.15, 0.2) is 12.3 Å². The number of pyridine rings is 1. The van der Waals surface area contributed by atoms with Gasteiger partial charge in [-0.3, -0.25) is 4.90 Å². The second-order valence-electron chi connectivity index (χ2n) is 3.90. The molecule has 0 saturated carbocycles. The van der Waals surface area contributed by atoms with Gasteiger partial charge in [-0.05, 0) is 38.1 Å². The van der Waals surface area contributed by atoms with E-state index in [9.17, 15) is 0 Å². The predicted octanol–water partition coefficient (Wildman–Crippen LogP) is 2.51. The maximum Gasteiger partial charge on any atom is 0.171 e. The van der Waals surface area contributed by atoms with Gasteiger partial charge >= 0.3 is 0 Å². The lowest BCUT2D eigenvalue weighted by Gasteiger charge is -2.19. The third kappa shape index (κ3) is 2.08. The molecule has 0 N–H and O–H groups in total. The fourth-order valence-corrected chi connectivity index (χ4v) is 2.28. The Kier molecular flexibility index (Phi) is 3.12. The lowest BCUT2D eigenvalue weighted by Crippen LogP contribution is -2.17. The molecule has 1 aromatic heterocycles. The van der Waals surface area contributed by atoms with Gasteiger partial charge in [0.2, 0.25) is 0 Å². The maximum atomic E-state index is 5.89. The molecule has 1 aliphatic rings. The van der Waals surface area contributed by atoms with Crippen molar-refractivity contribution in [1.29, 1.82) is 0 Å².